The summed E-state index contributed by atoms with van der Waals surface area (Å²) in [5, 5.41) is 9.77. The van der Waals surface area contributed by atoms with Crippen molar-refractivity contribution in [2.75, 3.05) is 6.54 Å². The van der Waals surface area contributed by atoms with Gasteiger partial charge < -0.3 is 14.7 Å². The molecule has 0 bridgehead atoms. The summed E-state index contributed by atoms with van der Waals surface area (Å²) in [5.41, 5.74) is 1.81. The third kappa shape index (κ3) is 3.77. The minimum atomic E-state index is -0.995. The lowest BCUT2D eigenvalue weighted by Gasteiger charge is -2.45. The van der Waals surface area contributed by atoms with Gasteiger partial charge in [-0.15, -0.1) is 0 Å². The van der Waals surface area contributed by atoms with Crippen molar-refractivity contribution in [1.82, 2.24) is 4.90 Å². The summed E-state index contributed by atoms with van der Waals surface area (Å²) in [6.07, 6.45) is -0.995. The zero-order valence-corrected chi connectivity index (χ0v) is 16.2. The van der Waals surface area contributed by atoms with Crippen molar-refractivity contribution in [2.24, 2.45) is 5.41 Å². The molecular formula is C22H26FNO3. The first-order valence-corrected chi connectivity index (χ1v) is 9.18. The second-order valence-electron chi connectivity index (χ2n) is 8.25. The quantitative estimate of drug-likeness (QED) is 0.765. The molecule has 144 valence electrons. The molecule has 4 nitrogen and oxygen atoms in total. The Morgan fingerprint density at radius 3 is 2.44 bits per heavy atom. The number of halogens is 1. The van der Waals surface area contributed by atoms with Gasteiger partial charge in [-0.05, 0) is 23.1 Å². The van der Waals surface area contributed by atoms with Crippen LogP contribution in [0.15, 0.2) is 42.5 Å². The molecule has 0 spiro atoms. The van der Waals surface area contributed by atoms with Crippen LogP contribution >= 0.6 is 0 Å². The summed E-state index contributed by atoms with van der Waals surface area (Å²) >= 11 is 0. The molecule has 0 saturated heterocycles. The molecule has 0 fully saturated rings. The first kappa shape index (κ1) is 19.2. The van der Waals surface area contributed by atoms with E-state index in [1.54, 1.807) is 6.07 Å². The van der Waals surface area contributed by atoms with E-state index in [0.717, 1.165) is 5.56 Å². The van der Waals surface area contributed by atoms with Crippen LogP contribution in [0.2, 0.25) is 0 Å². The van der Waals surface area contributed by atoms with E-state index in [4.69, 9.17) is 4.74 Å². The summed E-state index contributed by atoms with van der Waals surface area (Å²) < 4.78 is 20.8. The topological polar surface area (TPSA) is 49.8 Å². The summed E-state index contributed by atoms with van der Waals surface area (Å²) in [6, 6.07) is 12.3. The molecule has 1 aliphatic heterocycles. The Bertz CT molecular complexity index is 829. The van der Waals surface area contributed by atoms with Crippen molar-refractivity contribution >= 4 is 6.09 Å². The first-order chi connectivity index (χ1) is 12.7. The lowest BCUT2D eigenvalue weighted by atomic mass is 9.74. The van der Waals surface area contributed by atoms with Gasteiger partial charge in [0.2, 0.25) is 0 Å². The van der Waals surface area contributed by atoms with E-state index in [0.29, 0.717) is 23.5 Å². The molecule has 2 aromatic carbocycles. The fraction of sp³-hybridized carbons (Fsp3) is 0.409. The minimum absolute atomic E-state index is 0.241. The molecule has 1 aliphatic rings. The van der Waals surface area contributed by atoms with Gasteiger partial charge in [0.25, 0.3) is 0 Å². The number of amides is 1. The van der Waals surface area contributed by atoms with Crippen LogP contribution in [-0.2, 0) is 6.61 Å². The Labute approximate surface area is 159 Å². The number of benzene rings is 2. The van der Waals surface area contributed by atoms with Crippen molar-refractivity contribution in [3.63, 3.8) is 0 Å². The van der Waals surface area contributed by atoms with Crippen molar-refractivity contribution in [2.45, 2.75) is 46.3 Å². The second kappa shape index (κ2) is 7.22. The number of nitrogens with zero attached hydrogens (tertiary/aromatic N) is 1. The molecule has 0 radical (unpaired) electrons. The Morgan fingerprint density at radius 2 is 1.85 bits per heavy atom. The summed E-state index contributed by atoms with van der Waals surface area (Å²) in [5.74, 6) is 0.00630. The highest BCUT2D eigenvalue weighted by Gasteiger charge is 2.43. The Hall–Kier alpha value is -2.56. The van der Waals surface area contributed by atoms with Crippen molar-refractivity contribution in [1.29, 1.82) is 0 Å². The largest absolute Gasteiger partial charge is 0.489 e. The molecule has 3 rings (SSSR count). The minimum Gasteiger partial charge on any atom is -0.489 e. The Morgan fingerprint density at radius 1 is 1.19 bits per heavy atom. The lowest BCUT2D eigenvalue weighted by Crippen LogP contribution is -2.46. The van der Waals surface area contributed by atoms with Crippen LogP contribution in [0.5, 0.6) is 5.75 Å². The van der Waals surface area contributed by atoms with Crippen LogP contribution in [0.3, 0.4) is 0 Å². The van der Waals surface area contributed by atoms with E-state index in [-0.39, 0.29) is 18.3 Å². The molecule has 0 aliphatic carbocycles. The molecular weight excluding hydrogens is 345 g/mol. The van der Waals surface area contributed by atoms with E-state index in [1.807, 2.05) is 58.0 Å². The SMILES string of the molecule is CC1CN(C(=O)O)C(C(C)(C)C)c2c(OCc3ccccc3)ccc(F)c21. The van der Waals surface area contributed by atoms with Crippen LogP contribution < -0.4 is 4.74 Å². The van der Waals surface area contributed by atoms with Crippen molar-refractivity contribution in [3.05, 3.63) is 65.0 Å². The molecule has 2 unspecified atom stereocenters. The van der Waals surface area contributed by atoms with E-state index < -0.39 is 17.6 Å². The number of carbonyl (C=O) groups is 1. The van der Waals surface area contributed by atoms with E-state index in [2.05, 4.69) is 0 Å². The smallest absolute Gasteiger partial charge is 0.407 e. The van der Waals surface area contributed by atoms with Gasteiger partial charge in [0, 0.05) is 23.6 Å². The molecule has 0 saturated carbocycles. The number of ether oxygens (including phenoxy) is 1. The maximum atomic E-state index is 14.7. The second-order valence-corrected chi connectivity index (χ2v) is 8.25. The van der Waals surface area contributed by atoms with E-state index >= 15 is 0 Å². The van der Waals surface area contributed by atoms with Gasteiger partial charge in [-0.1, -0.05) is 58.0 Å². The maximum absolute atomic E-state index is 14.7. The van der Waals surface area contributed by atoms with E-state index in [9.17, 15) is 14.3 Å². The van der Waals surface area contributed by atoms with Gasteiger partial charge in [0.15, 0.2) is 0 Å². The lowest BCUT2D eigenvalue weighted by molar-refractivity contribution is 0.0673. The van der Waals surface area contributed by atoms with Gasteiger partial charge in [-0.3, -0.25) is 0 Å². The summed E-state index contributed by atoms with van der Waals surface area (Å²) in [6.45, 7) is 8.38. The standard InChI is InChI=1S/C22H26FNO3/c1-14-12-24(21(25)26)20(22(2,3)4)19-17(11-10-16(23)18(14)19)27-13-15-8-6-5-7-9-15/h5-11,14,20H,12-13H2,1-4H3,(H,25,26). The van der Waals surface area contributed by atoms with Gasteiger partial charge in [0.05, 0.1) is 6.04 Å². The zero-order chi connectivity index (χ0) is 19.8. The highest BCUT2D eigenvalue weighted by molar-refractivity contribution is 5.68. The number of carboxylic acid groups (broad SMARTS) is 1. The first-order valence-electron chi connectivity index (χ1n) is 9.18. The van der Waals surface area contributed by atoms with Crippen LogP contribution in [0.4, 0.5) is 9.18 Å². The number of hydrogen-bond donors (Lipinski definition) is 1. The maximum Gasteiger partial charge on any atom is 0.407 e. The third-order valence-electron chi connectivity index (χ3n) is 5.05. The highest BCUT2D eigenvalue weighted by atomic mass is 19.1. The van der Waals surface area contributed by atoms with E-state index in [1.165, 1.54) is 11.0 Å². The normalized spacial score (nSPS) is 19.5. The molecule has 0 aromatic heterocycles. The molecule has 1 heterocycles. The number of fused-ring (bicyclic) bond motifs is 1. The van der Waals surface area contributed by atoms with Crippen molar-refractivity contribution < 1.29 is 19.0 Å². The molecule has 2 aromatic rings. The highest BCUT2D eigenvalue weighted by Crippen LogP contribution is 2.49. The Kier molecular flexibility index (Phi) is 5.13. The van der Waals surface area contributed by atoms with Crippen LogP contribution in [0.25, 0.3) is 0 Å². The molecule has 1 amide bonds. The average Bonchev–Trinajstić information content (AvgIpc) is 2.60. The zero-order valence-electron chi connectivity index (χ0n) is 16.2. The van der Waals surface area contributed by atoms with Crippen LogP contribution in [0.1, 0.15) is 56.3 Å². The summed E-state index contributed by atoms with van der Waals surface area (Å²) in [7, 11) is 0. The van der Waals surface area contributed by atoms with Gasteiger partial charge in [-0.2, -0.15) is 0 Å². The number of hydrogen-bond acceptors (Lipinski definition) is 2. The monoisotopic (exact) mass is 371 g/mol. The molecule has 1 N–H and O–H groups in total. The van der Waals surface area contributed by atoms with Gasteiger partial charge in [0.1, 0.15) is 18.2 Å². The molecule has 27 heavy (non-hydrogen) atoms. The molecule has 2 atom stereocenters. The predicted molar refractivity (Wildman–Crippen MR) is 103 cm³/mol. The fourth-order valence-corrected chi connectivity index (χ4v) is 3.97. The van der Waals surface area contributed by atoms with Crippen LogP contribution in [0, 0.1) is 11.2 Å². The van der Waals surface area contributed by atoms with Gasteiger partial charge in [-0.25, -0.2) is 9.18 Å². The van der Waals surface area contributed by atoms with Gasteiger partial charge >= 0.3 is 6.09 Å². The molecule has 5 heteroatoms. The third-order valence-corrected chi connectivity index (χ3v) is 5.05. The predicted octanol–water partition coefficient (Wildman–Crippen LogP) is 5.59. The Balaban J connectivity index is 2.09. The average molecular weight is 371 g/mol. The number of rotatable bonds is 3. The summed E-state index contributed by atoms with van der Waals surface area (Å²) in [4.78, 5) is 13.4. The fourth-order valence-electron chi connectivity index (χ4n) is 3.97. The van der Waals surface area contributed by atoms with Crippen molar-refractivity contribution in [3.8, 4) is 5.75 Å². The van der Waals surface area contributed by atoms with Crippen LogP contribution in [-0.4, -0.2) is 22.6 Å².